The number of ether oxygens (including phenoxy) is 1. The molecule has 2 aromatic carbocycles. The molecule has 2 N–H and O–H groups in total. The van der Waals surface area contributed by atoms with Crippen LogP contribution in [0.2, 0.25) is 0 Å². The van der Waals surface area contributed by atoms with Gasteiger partial charge in [-0.25, -0.2) is 9.18 Å². The van der Waals surface area contributed by atoms with Crippen LogP contribution in [0.25, 0.3) is 0 Å². The minimum Gasteiger partial charge on any atom is -0.467 e. The molecule has 0 aliphatic carbocycles. The van der Waals surface area contributed by atoms with Gasteiger partial charge in [-0.3, -0.25) is 9.59 Å². The molecule has 0 aliphatic rings. The minimum absolute atomic E-state index is 0.156. The summed E-state index contributed by atoms with van der Waals surface area (Å²) in [7, 11) is 1.26. The quantitative estimate of drug-likeness (QED) is 0.650. The third-order valence-electron chi connectivity index (χ3n) is 4.86. The summed E-state index contributed by atoms with van der Waals surface area (Å²) in [6, 6.07) is 9.65. The van der Waals surface area contributed by atoms with Gasteiger partial charge in [-0.2, -0.15) is 0 Å². The average Bonchev–Trinajstić information content (AvgIpc) is 2.70. The molecule has 2 aromatic rings. The van der Waals surface area contributed by atoms with E-state index in [1.54, 1.807) is 12.1 Å². The summed E-state index contributed by atoms with van der Waals surface area (Å²) in [6.45, 7) is 5.27. The molecular weight excluding hydrogens is 387 g/mol. The summed E-state index contributed by atoms with van der Waals surface area (Å²) in [6.07, 6.45) is 0.409. The Hall–Kier alpha value is -3.22. The van der Waals surface area contributed by atoms with Crippen LogP contribution < -0.4 is 10.6 Å². The number of carbonyl (C=O) groups is 3. The van der Waals surface area contributed by atoms with Crippen LogP contribution in [0.4, 0.5) is 4.39 Å². The topological polar surface area (TPSA) is 84.5 Å². The fraction of sp³-hybridized carbons (Fsp3) is 0.348. The second kappa shape index (κ2) is 10.5. The number of methoxy groups -OCH3 is 1. The molecule has 7 heteroatoms. The second-order valence-corrected chi connectivity index (χ2v) is 7.29. The standard InChI is InChI=1S/C23H27FN2O4/c1-14-5-6-18(11-15(14)2)13-21(23(29)30-4)26-22(28)20(25-16(3)27)12-17-7-9-19(24)10-8-17/h5-11,20-21H,12-13H2,1-4H3,(H,25,27)(H,26,28)/t20-,21+/m0/s1. The van der Waals surface area contributed by atoms with E-state index >= 15 is 0 Å². The zero-order valence-corrected chi connectivity index (χ0v) is 17.6. The highest BCUT2D eigenvalue weighted by Crippen LogP contribution is 2.13. The van der Waals surface area contributed by atoms with Crippen LogP contribution in [0, 0.1) is 19.7 Å². The molecule has 160 valence electrons. The van der Waals surface area contributed by atoms with Crippen LogP contribution in [0.5, 0.6) is 0 Å². The van der Waals surface area contributed by atoms with Gasteiger partial charge < -0.3 is 15.4 Å². The molecule has 6 nitrogen and oxygen atoms in total. The fourth-order valence-electron chi connectivity index (χ4n) is 3.08. The summed E-state index contributed by atoms with van der Waals surface area (Å²) in [4.78, 5) is 36.8. The lowest BCUT2D eigenvalue weighted by Gasteiger charge is -2.22. The molecule has 0 unspecified atom stereocenters. The maximum Gasteiger partial charge on any atom is 0.328 e. The van der Waals surface area contributed by atoms with Crippen molar-refractivity contribution >= 4 is 17.8 Å². The molecular formula is C23H27FN2O4. The second-order valence-electron chi connectivity index (χ2n) is 7.29. The number of benzene rings is 2. The summed E-state index contributed by atoms with van der Waals surface area (Å²) < 4.78 is 18.0. The number of rotatable bonds is 8. The molecule has 2 rings (SSSR count). The van der Waals surface area contributed by atoms with Gasteiger partial charge in [0, 0.05) is 19.8 Å². The van der Waals surface area contributed by atoms with Gasteiger partial charge in [-0.05, 0) is 48.2 Å². The van der Waals surface area contributed by atoms with Crippen molar-refractivity contribution in [3.8, 4) is 0 Å². The zero-order valence-electron chi connectivity index (χ0n) is 17.6. The largest absolute Gasteiger partial charge is 0.467 e. The average molecular weight is 414 g/mol. The predicted molar refractivity (Wildman–Crippen MR) is 111 cm³/mol. The summed E-state index contributed by atoms with van der Waals surface area (Å²) in [5.41, 5.74) is 3.76. The van der Waals surface area contributed by atoms with Crippen LogP contribution >= 0.6 is 0 Å². The van der Waals surface area contributed by atoms with Crippen molar-refractivity contribution in [2.24, 2.45) is 0 Å². The monoisotopic (exact) mass is 414 g/mol. The molecule has 0 aromatic heterocycles. The van der Waals surface area contributed by atoms with Crippen LogP contribution in [0.1, 0.15) is 29.2 Å². The van der Waals surface area contributed by atoms with Crippen molar-refractivity contribution in [2.45, 2.75) is 45.7 Å². The molecule has 0 bridgehead atoms. The molecule has 2 amide bonds. The Morgan fingerprint density at radius 3 is 2.07 bits per heavy atom. The third-order valence-corrected chi connectivity index (χ3v) is 4.86. The number of amides is 2. The van der Waals surface area contributed by atoms with E-state index < -0.39 is 29.8 Å². The molecule has 0 heterocycles. The minimum atomic E-state index is -0.917. The van der Waals surface area contributed by atoms with Crippen LogP contribution in [-0.2, 0) is 32.0 Å². The Morgan fingerprint density at radius 2 is 1.50 bits per heavy atom. The van der Waals surface area contributed by atoms with Gasteiger partial charge in [0.15, 0.2) is 0 Å². The van der Waals surface area contributed by atoms with Crippen molar-refractivity contribution in [1.29, 1.82) is 0 Å². The summed E-state index contributed by atoms with van der Waals surface area (Å²) in [5.74, 6) is -1.88. The lowest BCUT2D eigenvalue weighted by molar-refractivity contribution is -0.145. The Bertz CT molecular complexity index is 912. The number of carbonyl (C=O) groups excluding carboxylic acids is 3. The van der Waals surface area contributed by atoms with E-state index in [-0.39, 0.29) is 18.7 Å². The predicted octanol–water partition coefficient (Wildman–Crippen LogP) is 2.39. The van der Waals surface area contributed by atoms with Crippen molar-refractivity contribution in [1.82, 2.24) is 10.6 Å². The van der Waals surface area contributed by atoms with E-state index in [0.717, 1.165) is 16.7 Å². The molecule has 2 atom stereocenters. The molecule has 0 saturated heterocycles. The van der Waals surface area contributed by atoms with Gasteiger partial charge >= 0.3 is 5.97 Å². The number of esters is 1. The van der Waals surface area contributed by atoms with E-state index in [1.165, 1.54) is 26.2 Å². The van der Waals surface area contributed by atoms with Gasteiger partial charge in [-0.15, -0.1) is 0 Å². The van der Waals surface area contributed by atoms with Crippen LogP contribution in [-0.4, -0.2) is 37.0 Å². The van der Waals surface area contributed by atoms with Gasteiger partial charge in [0.1, 0.15) is 17.9 Å². The Labute approximate surface area is 175 Å². The number of hydrogen-bond donors (Lipinski definition) is 2. The lowest BCUT2D eigenvalue weighted by atomic mass is 10.00. The molecule has 30 heavy (non-hydrogen) atoms. The first-order valence-electron chi connectivity index (χ1n) is 9.65. The molecule has 0 fully saturated rings. The van der Waals surface area contributed by atoms with Crippen LogP contribution in [0.15, 0.2) is 42.5 Å². The van der Waals surface area contributed by atoms with E-state index in [2.05, 4.69) is 10.6 Å². The number of hydrogen-bond acceptors (Lipinski definition) is 4. The third kappa shape index (κ3) is 6.69. The van der Waals surface area contributed by atoms with Crippen LogP contribution in [0.3, 0.4) is 0 Å². The first-order valence-corrected chi connectivity index (χ1v) is 9.65. The van der Waals surface area contributed by atoms with Gasteiger partial charge in [0.2, 0.25) is 11.8 Å². The smallest absolute Gasteiger partial charge is 0.328 e. The van der Waals surface area contributed by atoms with Gasteiger partial charge in [0.05, 0.1) is 7.11 Å². The zero-order chi connectivity index (χ0) is 22.3. The van der Waals surface area contributed by atoms with E-state index in [9.17, 15) is 18.8 Å². The Morgan fingerprint density at radius 1 is 0.900 bits per heavy atom. The van der Waals surface area contributed by atoms with Gasteiger partial charge in [-0.1, -0.05) is 30.3 Å². The maximum absolute atomic E-state index is 13.2. The van der Waals surface area contributed by atoms with Crippen molar-refractivity contribution in [3.05, 3.63) is 70.5 Å². The molecule has 0 aliphatic heterocycles. The van der Waals surface area contributed by atoms with Gasteiger partial charge in [0.25, 0.3) is 0 Å². The highest BCUT2D eigenvalue weighted by atomic mass is 19.1. The number of aryl methyl sites for hydroxylation is 2. The highest BCUT2D eigenvalue weighted by molar-refractivity contribution is 5.90. The SMILES string of the molecule is COC(=O)[C@@H](Cc1ccc(C)c(C)c1)NC(=O)[C@H](Cc1ccc(F)cc1)NC(C)=O. The maximum atomic E-state index is 13.2. The lowest BCUT2D eigenvalue weighted by Crippen LogP contribution is -2.53. The first kappa shape index (κ1) is 23.1. The number of nitrogens with one attached hydrogen (secondary N) is 2. The Kier molecular flexibility index (Phi) is 8.09. The molecule has 0 radical (unpaired) electrons. The molecule has 0 saturated carbocycles. The Balaban J connectivity index is 2.18. The first-order chi connectivity index (χ1) is 14.2. The molecule has 0 spiro atoms. The van der Waals surface area contributed by atoms with E-state index in [0.29, 0.717) is 5.56 Å². The van der Waals surface area contributed by atoms with E-state index in [4.69, 9.17) is 4.74 Å². The fourth-order valence-corrected chi connectivity index (χ4v) is 3.08. The van der Waals surface area contributed by atoms with Crippen molar-refractivity contribution < 1.29 is 23.5 Å². The number of halogens is 1. The van der Waals surface area contributed by atoms with E-state index in [1.807, 2.05) is 32.0 Å². The normalized spacial score (nSPS) is 12.6. The van der Waals surface area contributed by atoms with Crippen molar-refractivity contribution in [3.63, 3.8) is 0 Å². The highest BCUT2D eigenvalue weighted by Gasteiger charge is 2.27. The van der Waals surface area contributed by atoms with Crippen molar-refractivity contribution in [2.75, 3.05) is 7.11 Å². The summed E-state index contributed by atoms with van der Waals surface area (Å²) >= 11 is 0. The summed E-state index contributed by atoms with van der Waals surface area (Å²) in [5, 5.41) is 5.27.